The van der Waals surface area contributed by atoms with Gasteiger partial charge in [0.1, 0.15) is 5.82 Å². The van der Waals surface area contributed by atoms with Crippen LogP contribution in [0.15, 0.2) is 78.9 Å². The predicted molar refractivity (Wildman–Crippen MR) is 128 cm³/mol. The van der Waals surface area contributed by atoms with Crippen LogP contribution in [-0.2, 0) is 17.9 Å². The van der Waals surface area contributed by atoms with Gasteiger partial charge in [0, 0.05) is 31.1 Å². The van der Waals surface area contributed by atoms with E-state index in [2.05, 4.69) is 14.8 Å². The first-order chi connectivity index (χ1) is 16.2. The lowest BCUT2D eigenvalue weighted by molar-refractivity contribution is -0.125. The second-order valence-electron chi connectivity index (χ2n) is 8.54. The summed E-state index contributed by atoms with van der Waals surface area (Å²) in [7, 11) is 0. The van der Waals surface area contributed by atoms with Crippen molar-refractivity contribution in [3.63, 3.8) is 0 Å². The van der Waals surface area contributed by atoms with Gasteiger partial charge in [0.2, 0.25) is 11.9 Å². The number of benzene rings is 3. The number of hydrogen-bond donors (Lipinski definition) is 1. The molecular weight excluding hydrogens is 415 g/mol. The van der Waals surface area contributed by atoms with Gasteiger partial charge in [-0.1, -0.05) is 60.7 Å². The van der Waals surface area contributed by atoms with Crippen LogP contribution < -0.4 is 10.2 Å². The van der Waals surface area contributed by atoms with Crippen LogP contribution in [0.3, 0.4) is 0 Å². The number of nitrogens with zero attached hydrogens (tertiary/aromatic N) is 3. The molecule has 1 saturated heterocycles. The first-order valence-electron chi connectivity index (χ1n) is 11.4. The Kier molecular flexibility index (Phi) is 6.07. The van der Waals surface area contributed by atoms with E-state index >= 15 is 0 Å². The molecule has 4 aromatic rings. The summed E-state index contributed by atoms with van der Waals surface area (Å²) in [6.07, 6.45) is 1.53. The van der Waals surface area contributed by atoms with Crippen molar-refractivity contribution < 1.29 is 9.18 Å². The fraction of sp³-hybridized carbons (Fsp3) is 0.259. The Labute approximate surface area is 192 Å². The molecule has 2 heterocycles. The molecular formula is C27H27FN4O. The molecule has 0 bridgehead atoms. The number of para-hydroxylation sites is 2. The number of hydrogen-bond acceptors (Lipinski definition) is 3. The minimum Gasteiger partial charge on any atom is -0.352 e. The number of amides is 1. The van der Waals surface area contributed by atoms with E-state index < -0.39 is 0 Å². The van der Waals surface area contributed by atoms with Gasteiger partial charge in [-0.3, -0.25) is 4.79 Å². The lowest BCUT2D eigenvalue weighted by Crippen LogP contribution is -2.41. The standard InChI is InChI=1S/C27H27FN4O/c28-23-11-5-4-10-22(23)19-32-25-13-7-6-12-24(25)30-27(32)31-16-14-21(15-17-31)26(33)29-18-20-8-2-1-3-9-20/h1-13,21H,14-19H2,(H,29,33). The Hall–Kier alpha value is -3.67. The van der Waals surface area contributed by atoms with E-state index in [1.54, 1.807) is 6.07 Å². The van der Waals surface area contributed by atoms with E-state index in [0.29, 0.717) is 18.7 Å². The summed E-state index contributed by atoms with van der Waals surface area (Å²) in [6.45, 7) is 2.45. The minimum absolute atomic E-state index is 0.00522. The van der Waals surface area contributed by atoms with Crippen molar-refractivity contribution >= 4 is 22.9 Å². The van der Waals surface area contributed by atoms with E-state index in [9.17, 15) is 9.18 Å². The summed E-state index contributed by atoms with van der Waals surface area (Å²) in [4.78, 5) is 19.8. The summed E-state index contributed by atoms with van der Waals surface area (Å²) < 4.78 is 16.5. The van der Waals surface area contributed by atoms with Crippen molar-refractivity contribution in [2.24, 2.45) is 5.92 Å². The van der Waals surface area contributed by atoms with E-state index in [0.717, 1.165) is 48.5 Å². The molecule has 0 aliphatic carbocycles. The monoisotopic (exact) mass is 442 g/mol. The largest absolute Gasteiger partial charge is 0.352 e. The lowest BCUT2D eigenvalue weighted by Gasteiger charge is -2.32. The van der Waals surface area contributed by atoms with E-state index in [-0.39, 0.29) is 17.6 Å². The number of halogens is 1. The predicted octanol–water partition coefficient (Wildman–Crippen LogP) is 4.76. The van der Waals surface area contributed by atoms with Crippen molar-refractivity contribution in [3.05, 3.63) is 95.8 Å². The molecule has 0 atom stereocenters. The van der Waals surface area contributed by atoms with Crippen molar-refractivity contribution in [2.75, 3.05) is 18.0 Å². The number of rotatable bonds is 6. The lowest BCUT2D eigenvalue weighted by atomic mass is 9.96. The topological polar surface area (TPSA) is 50.2 Å². The highest BCUT2D eigenvalue weighted by molar-refractivity contribution is 5.80. The molecule has 1 N–H and O–H groups in total. The van der Waals surface area contributed by atoms with Crippen LogP contribution in [0.1, 0.15) is 24.0 Å². The Bertz CT molecular complexity index is 1250. The molecule has 0 spiro atoms. The van der Waals surface area contributed by atoms with Crippen LogP contribution in [0.4, 0.5) is 10.3 Å². The number of fused-ring (bicyclic) bond motifs is 1. The van der Waals surface area contributed by atoms with Crippen molar-refractivity contribution in [2.45, 2.75) is 25.9 Å². The SMILES string of the molecule is O=C(NCc1ccccc1)C1CCN(c2nc3ccccc3n2Cc2ccccc2F)CC1. The summed E-state index contributed by atoms with van der Waals surface area (Å²) in [5.74, 6) is 0.727. The van der Waals surface area contributed by atoms with Gasteiger partial charge in [-0.05, 0) is 36.6 Å². The van der Waals surface area contributed by atoms with Gasteiger partial charge in [0.15, 0.2) is 0 Å². The maximum Gasteiger partial charge on any atom is 0.223 e. The first-order valence-corrected chi connectivity index (χ1v) is 11.4. The van der Waals surface area contributed by atoms with Crippen LogP contribution in [0.5, 0.6) is 0 Å². The van der Waals surface area contributed by atoms with E-state index in [1.165, 1.54) is 6.07 Å². The molecule has 6 heteroatoms. The quantitative estimate of drug-likeness (QED) is 0.469. The zero-order valence-corrected chi connectivity index (χ0v) is 18.5. The molecule has 3 aromatic carbocycles. The highest BCUT2D eigenvalue weighted by Crippen LogP contribution is 2.28. The maximum atomic E-state index is 14.4. The van der Waals surface area contributed by atoms with Crippen LogP contribution >= 0.6 is 0 Å². The van der Waals surface area contributed by atoms with Gasteiger partial charge in [-0.15, -0.1) is 0 Å². The van der Waals surface area contributed by atoms with Gasteiger partial charge in [-0.2, -0.15) is 0 Å². The third-order valence-electron chi connectivity index (χ3n) is 6.38. The molecule has 1 fully saturated rings. The molecule has 1 aliphatic heterocycles. The summed E-state index contributed by atoms with van der Waals surface area (Å²) in [6, 6.07) is 24.8. The number of piperidine rings is 1. The molecule has 5 nitrogen and oxygen atoms in total. The number of aromatic nitrogens is 2. The van der Waals surface area contributed by atoms with E-state index in [4.69, 9.17) is 4.98 Å². The average molecular weight is 443 g/mol. The molecule has 5 rings (SSSR count). The third kappa shape index (κ3) is 4.60. The molecule has 1 aliphatic rings. The van der Waals surface area contributed by atoms with Gasteiger partial charge in [0.05, 0.1) is 17.6 Å². The first kappa shape index (κ1) is 21.2. The Morgan fingerprint density at radius 1 is 0.939 bits per heavy atom. The molecule has 33 heavy (non-hydrogen) atoms. The average Bonchev–Trinajstić information content (AvgIpc) is 3.23. The van der Waals surface area contributed by atoms with Crippen molar-refractivity contribution in [1.82, 2.24) is 14.9 Å². The van der Waals surface area contributed by atoms with Gasteiger partial charge in [-0.25, -0.2) is 9.37 Å². The molecule has 0 saturated carbocycles. The van der Waals surface area contributed by atoms with Gasteiger partial charge < -0.3 is 14.8 Å². The summed E-state index contributed by atoms with van der Waals surface area (Å²) >= 11 is 0. The highest BCUT2D eigenvalue weighted by Gasteiger charge is 2.27. The molecule has 1 aromatic heterocycles. The number of carbonyl (C=O) groups excluding carboxylic acids is 1. The van der Waals surface area contributed by atoms with Crippen molar-refractivity contribution in [3.8, 4) is 0 Å². The van der Waals surface area contributed by atoms with Gasteiger partial charge in [0.25, 0.3) is 0 Å². The van der Waals surface area contributed by atoms with Crippen LogP contribution in [0, 0.1) is 11.7 Å². The second-order valence-corrected chi connectivity index (χ2v) is 8.54. The number of anilines is 1. The highest BCUT2D eigenvalue weighted by atomic mass is 19.1. The number of imidazole rings is 1. The number of nitrogens with one attached hydrogen (secondary N) is 1. The Balaban J connectivity index is 1.30. The van der Waals surface area contributed by atoms with Crippen LogP contribution in [0.25, 0.3) is 11.0 Å². The van der Waals surface area contributed by atoms with Crippen LogP contribution in [0.2, 0.25) is 0 Å². The molecule has 0 unspecified atom stereocenters. The van der Waals surface area contributed by atoms with Crippen molar-refractivity contribution in [1.29, 1.82) is 0 Å². The third-order valence-corrected chi connectivity index (χ3v) is 6.38. The summed E-state index contributed by atoms with van der Waals surface area (Å²) in [5, 5.41) is 3.08. The minimum atomic E-state index is -0.213. The zero-order valence-electron chi connectivity index (χ0n) is 18.5. The Morgan fingerprint density at radius 3 is 2.42 bits per heavy atom. The van der Waals surface area contributed by atoms with Gasteiger partial charge >= 0.3 is 0 Å². The maximum absolute atomic E-state index is 14.4. The van der Waals surface area contributed by atoms with Crippen LogP contribution in [-0.4, -0.2) is 28.5 Å². The van der Waals surface area contributed by atoms with E-state index in [1.807, 2.05) is 66.7 Å². The molecule has 1 amide bonds. The normalized spacial score (nSPS) is 14.5. The smallest absolute Gasteiger partial charge is 0.223 e. The summed E-state index contributed by atoms with van der Waals surface area (Å²) in [5.41, 5.74) is 3.62. The zero-order chi connectivity index (χ0) is 22.6. The second kappa shape index (κ2) is 9.45. The fourth-order valence-electron chi connectivity index (χ4n) is 4.53. The Morgan fingerprint density at radius 2 is 1.64 bits per heavy atom. The number of carbonyl (C=O) groups is 1. The molecule has 168 valence electrons. The fourth-order valence-corrected chi connectivity index (χ4v) is 4.53. The molecule has 0 radical (unpaired) electrons.